The smallest absolute Gasteiger partial charge is 0.0309 e. The van der Waals surface area contributed by atoms with Gasteiger partial charge in [0.1, 0.15) is 0 Å². The molecule has 0 radical (unpaired) electrons. The van der Waals surface area contributed by atoms with Gasteiger partial charge in [0.2, 0.25) is 0 Å². The van der Waals surface area contributed by atoms with Crippen LogP contribution in [-0.2, 0) is 0 Å². The second-order valence-electron chi connectivity index (χ2n) is 6.44. The second kappa shape index (κ2) is 5.41. The molecule has 1 aromatic rings. The average Bonchev–Trinajstić information content (AvgIpc) is 2.66. The van der Waals surface area contributed by atoms with Crippen molar-refractivity contribution in [1.29, 1.82) is 0 Å². The molecule has 2 nitrogen and oxygen atoms in total. The molecule has 1 aromatic carbocycles. The molecule has 0 bridgehead atoms. The topological polar surface area (TPSA) is 29.3 Å². The molecule has 1 fully saturated rings. The molecular weight excluding hydrogens is 220 g/mol. The van der Waals surface area contributed by atoms with Crippen molar-refractivity contribution in [3.8, 4) is 0 Å². The molecule has 0 aromatic heterocycles. The van der Waals surface area contributed by atoms with Crippen molar-refractivity contribution >= 4 is 0 Å². The molecule has 1 saturated heterocycles. The quantitative estimate of drug-likeness (QED) is 0.884. The van der Waals surface area contributed by atoms with Crippen LogP contribution >= 0.6 is 0 Å². The number of benzene rings is 1. The summed E-state index contributed by atoms with van der Waals surface area (Å²) < 4.78 is 0. The Balaban J connectivity index is 1.86. The van der Waals surface area contributed by atoms with E-state index >= 15 is 0 Å². The lowest BCUT2D eigenvalue weighted by molar-refractivity contribution is 0.281. The van der Waals surface area contributed by atoms with Crippen molar-refractivity contribution in [3.05, 3.63) is 35.4 Å². The first kappa shape index (κ1) is 13.6. The zero-order valence-corrected chi connectivity index (χ0v) is 11.9. The predicted molar refractivity (Wildman–Crippen MR) is 77.6 cm³/mol. The van der Waals surface area contributed by atoms with Gasteiger partial charge >= 0.3 is 0 Å². The van der Waals surface area contributed by atoms with Gasteiger partial charge < -0.3 is 10.6 Å². The molecule has 1 atom stereocenters. The van der Waals surface area contributed by atoms with Gasteiger partial charge in [-0.1, -0.05) is 38.1 Å². The molecule has 1 unspecified atom stereocenters. The normalized spacial score (nSPS) is 21.1. The summed E-state index contributed by atoms with van der Waals surface area (Å²) in [5.74, 6) is 0. The number of nitrogens with two attached hydrogens (primary N) is 1. The van der Waals surface area contributed by atoms with Gasteiger partial charge in [0.15, 0.2) is 0 Å². The van der Waals surface area contributed by atoms with Crippen LogP contribution in [0.1, 0.15) is 43.9 Å². The van der Waals surface area contributed by atoms with Crippen LogP contribution in [0.4, 0.5) is 0 Å². The lowest BCUT2D eigenvalue weighted by Crippen LogP contribution is -2.27. The Bertz CT molecular complexity index is 398. The summed E-state index contributed by atoms with van der Waals surface area (Å²) >= 11 is 0. The third-order valence-electron chi connectivity index (χ3n) is 4.10. The summed E-state index contributed by atoms with van der Waals surface area (Å²) in [6, 6.07) is 8.65. The molecule has 100 valence electrons. The fraction of sp³-hybridized carbons (Fsp3) is 0.625. The Hall–Kier alpha value is -0.860. The van der Waals surface area contributed by atoms with Crippen molar-refractivity contribution in [2.24, 2.45) is 11.1 Å². The SMILES string of the molecule is Cc1ccccc1C(N)CCN1CCC(C)(C)C1. The molecule has 0 amide bonds. The number of hydrogen-bond donors (Lipinski definition) is 1. The largest absolute Gasteiger partial charge is 0.324 e. The average molecular weight is 246 g/mol. The first-order valence-electron chi connectivity index (χ1n) is 7.01. The lowest BCUT2D eigenvalue weighted by Gasteiger charge is -2.22. The minimum Gasteiger partial charge on any atom is -0.324 e. The van der Waals surface area contributed by atoms with E-state index in [0.717, 1.165) is 13.0 Å². The Kier molecular flexibility index (Phi) is 4.08. The van der Waals surface area contributed by atoms with Crippen LogP contribution < -0.4 is 5.73 Å². The van der Waals surface area contributed by atoms with Crippen LogP contribution in [0, 0.1) is 12.3 Å². The van der Waals surface area contributed by atoms with E-state index in [0.29, 0.717) is 5.41 Å². The summed E-state index contributed by atoms with van der Waals surface area (Å²) in [4.78, 5) is 2.55. The third-order valence-corrected chi connectivity index (χ3v) is 4.10. The van der Waals surface area contributed by atoms with Gasteiger partial charge in [-0.2, -0.15) is 0 Å². The Morgan fingerprint density at radius 2 is 2.06 bits per heavy atom. The monoisotopic (exact) mass is 246 g/mol. The molecule has 2 heteroatoms. The van der Waals surface area contributed by atoms with Gasteiger partial charge in [-0.05, 0) is 49.4 Å². The van der Waals surface area contributed by atoms with Crippen LogP contribution in [-0.4, -0.2) is 24.5 Å². The fourth-order valence-corrected chi connectivity index (χ4v) is 2.90. The second-order valence-corrected chi connectivity index (χ2v) is 6.44. The highest BCUT2D eigenvalue weighted by Gasteiger charge is 2.28. The summed E-state index contributed by atoms with van der Waals surface area (Å²) in [6.45, 7) is 10.4. The van der Waals surface area contributed by atoms with E-state index in [1.165, 1.54) is 30.6 Å². The zero-order valence-electron chi connectivity index (χ0n) is 11.9. The van der Waals surface area contributed by atoms with Gasteiger partial charge in [0.25, 0.3) is 0 Å². The first-order chi connectivity index (χ1) is 8.48. The molecule has 1 aliphatic heterocycles. The zero-order chi connectivity index (χ0) is 13.2. The Morgan fingerprint density at radius 3 is 2.67 bits per heavy atom. The molecule has 2 N–H and O–H groups in total. The lowest BCUT2D eigenvalue weighted by atomic mass is 9.93. The fourth-order valence-electron chi connectivity index (χ4n) is 2.90. The van der Waals surface area contributed by atoms with E-state index in [1.807, 2.05) is 0 Å². The molecule has 2 rings (SSSR count). The molecule has 0 spiro atoms. The highest BCUT2D eigenvalue weighted by atomic mass is 15.1. The third kappa shape index (κ3) is 3.33. The molecule has 0 saturated carbocycles. The van der Waals surface area contributed by atoms with E-state index in [4.69, 9.17) is 5.73 Å². The maximum absolute atomic E-state index is 6.31. The number of nitrogens with zero attached hydrogens (tertiary/aromatic N) is 1. The van der Waals surface area contributed by atoms with Gasteiger partial charge in [0.05, 0.1) is 0 Å². The van der Waals surface area contributed by atoms with E-state index in [9.17, 15) is 0 Å². The summed E-state index contributed by atoms with van der Waals surface area (Å²) in [6.07, 6.45) is 2.37. The minimum absolute atomic E-state index is 0.176. The van der Waals surface area contributed by atoms with Crippen LogP contribution in [0.5, 0.6) is 0 Å². The van der Waals surface area contributed by atoms with E-state index in [2.05, 4.69) is 49.9 Å². The molecule has 1 heterocycles. The van der Waals surface area contributed by atoms with Crippen LogP contribution in [0.3, 0.4) is 0 Å². The highest BCUT2D eigenvalue weighted by Crippen LogP contribution is 2.29. The van der Waals surface area contributed by atoms with Crippen molar-refractivity contribution in [1.82, 2.24) is 4.90 Å². The summed E-state index contributed by atoms with van der Waals surface area (Å²) in [7, 11) is 0. The maximum Gasteiger partial charge on any atom is 0.0309 e. The number of aryl methyl sites for hydroxylation is 1. The van der Waals surface area contributed by atoms with Gasteiger partial charge in [-0.25, -0.2) is 0 Å². The highest BCUT2D eigenvalue weighted by molar-refractivity contribution is 5.28. The molecule has 18 heavy (non-hydrogen) atoms. The maximum atomic E-state index is 6.31. The first-order valence-corrected chi connectivity index (χ1v) is 7.01. The van der Waals surface area contributed by atoms with Crippen molar-refractivity contribution in [2.75, 3.05) is 19.6 Å². The molecular formula is C16H26N2. The molecule has 1 aliphatic rings. The van der Waals surface area contributed by atoms with Crippen molar-refractivity contribution < 1.29 is 0 Å². The van der Waals surface area contributed by atoms with Gasteiger partial charge in [-0.15, -0.1) is 0 Å². The number of hydrogen-bond acceptors (Lipinski definition) is 2. The minimum atomic E-state index is 0.176. The Morgan fingerprint density at radius 1 is 1.33 bits per heavy atom. The summed E-state index contributed by atoms with van der Waals surface area (Å²) in [5, 5.41) is 0. The van der Waals surface area contributed by atoms with Crippen molar-refractivity contribution in [3.63, 3.8) is 0 Å². The summed E-state index contributed by atoms with van der Waals surface area (Å²) in [5.41, 5.74) is 9.42. The van der Waals surface area contributed by atoms with E-state index in [1.54, 1.807) is 0 Å². The van der Waals surface area contributed by atoms with E-state index < -0.39 is 0 Å². The number of rotatable bonds is 4. The number of likely N-dealkylation sites (tertiary alicyclic amines) is 1. The standard InChI is InChI=1S/C16H26N2/c1-13-6-4-5-7-14(13)15(17)8-10-18-11-9-16(2,3)12-18/h4-7,15H,8-12,17H2,1-3H3. The van der Waals surface area contributed by atoms with E-state index in [-0.39, 0.29) is 6.04 Å². The van der Waals surface area contributed by atoms with Gasteiger partial charge in [0, 0.05) is 12.6 Å². The Labute approximate surface area is 111 Å². The van der Waals surface area contributed by atoms with Gasteiger partial charge in [-0.3, -0.25) is 0 Å². The van der Waals surface area contributed by atoms with Crippen LogP contribution in [0.25, 0.3) is 0 Å². The van der Waals surface area contributed by atoms with Crippen LogP contribution in [0.2, 0.25) is 0 Å². The molecule has 0 aliphatic carbocycles. The van der Waals surface area contributed by atoms with Crippen LogP contribution in [0.15, 0.2) is 24.3 Å². The predicted octanol–water partition coefficient (Wildman–Crippen LogP) is 3.12. The van der Waals surface area contributed by atoms with Crippen molar-refractivity contribution in [2.45, 2.75) is 39.7 Å².